The van der Waals surface area contributed by atoms with Crippen molar-refractivity contribution in [3.63, 3.8) is 0 Å². The summed E-state index contributed by atoms with van der Waals surface area (Å²) in [4.78, 5) is 21.6. The molecule has 1 rings (SSSR count). The molecule has 0 aliphatic carbocycles. The first-order valence-corrected chi connectivity index (χ1v) is 5.46. The summed E-state index contributed by atoms with van der Waals surface area (Å²) in [6.07, 6.45) is -0.393. The predicted molar refractivity (Wildman–Crippen MR) is 63.2 cm³/mol. The molecule has 0 saturated heterocycles. The van der Waals surface area contributed by atoms with Gasteiger partial charge in [-0.1, -0.05) is 38.1 Å². The van der Waals surface area contributed by atoms with Crippen LogP contribution in [-0.2, 0) is 9.59 Å². The van der Waals surface area contributed by atoms with Gasteiger partial charge in [0.25, 0.3) is 0 Å². The summed E-state index contributed by atoms with van der Waals surface area (Å²) in [6.45, 7) is 4.09. The molecule has 1 aromatic carbocycles. The number of aliphatic carboxylic acids is 2. The zero-order valence-electron chi connectivity index (χ0n) is 9.88. The number of carboxylic acid groups (broad SMARTS) is 2. The van der Waals surface area contributed by atoms with Gasteiger partial charge in [-0.15, -0.1) is 0 Å². The maximum Gasteiger partial charge on any atom is 0.311 e. The van der Waals surface area contributed by atoms with Gasteiger partial charge >= 0.3 is 11.9 Å². The third-order valence-electron chi connectivity index (χ3n) is 2.68. The van der Waals surface area contributed by atoms with E-state index in [2.05, 4.69) is 0 Å². The summed E-state index contributed by atoms with van der Waals surface area (Å²) in [5.41, 5.74) is 1.64. The fourth-order valence-corrected chi connectivity index (χ4v) is 1.64. The Morgan fingerprint density at radius 1 is 1.06 bits per heavy atom. The lowest BCUT2D eigenvalue weighted by atomic mass is 9.93. The van der Waals surface area contributed by atoms with E-state index in [1.807, 2.05) is 26.0 Å². The van der Waals surface area contributed by atoms with Crippen LogP contribution in [0, 0.1) is 0 Å². The van der Waals surface area contributed by atoms with Gasteiger partial charge in [0.2, 0.25) is 0 Å². The number of rotatable bonds is 5. The summed E-state index contributed by atoms with van der Waals surface area (Å²) in [5.74, 6) is -2.82. The topological polar surface area (TPSA) is 74.6 Å². The molecule has 4 nitrogen and oxygen atoms in total. The maximum atomic E-state index is 11.0. The third-order valence-corrected chi connectivity index (χ3v) is 2.68. The number of carbonyl (C=O) groups is 2. The average molecular weight is 236 g/mol. The molecule has 0 unspecified atom stereocenters. The van der Waals surface area contributed by atoms with Crippen molar-refractivity contribution in [2.24, 2.45) is 0 Å². The summed E-state index contributed by atoms with van der Waals surface area (Å²) in [7, 11) is 0. The Kier molecular flexibility index (Phi) is 4.26. The van der Waals surface area contributed by atoms with Crippen molar-refractivity contribution < 1.29 is 19.8 Å². The molecule has 0 fully saturated rings. The van der Waals surface area contributed by atoms with Crippen LogP contribution in [0.25, 0.3) is 0 Å². The molecule has 2 N–H and O–H groups in total. The monoisotopic (exact) mass is 236 g/mol. The second kappa shape index (κ2) is 5.48. The Morgan fingerprint density at radius 3 is 1.88 bits per heavy atom. The molecule has 0 saturated carbocycles. The zero-order valence-corrected chi connectivity index (χ0v) is 9.88. The van der Waals surface area contributed by atoms with Crippen LogP contribution in [0.3, 0.4) is 0 Å². The predicted octanol–water partition coefficient (Wildman–Crippen LogP) is 2.45. The summed E-state index contributed by atoms with van der Waals surface area (Å²) < 4.78 is 0. The highest BCUT2D eigenvalue weighted by molar-refractivity contribution is 5.82. The highest BCUT2D eigenvalue weighted by atomic mass is 16.4. The largest absolute Gasteiger partial charge is 0.481 e. The minimum Gasteiger partial charge on any atom is -0.481 e. The van der Waals surface area contributed by atoms with Crippen molar-refractivity contribution in [1.29, 1.82) is 0 Å². The lowest BCUT2D eigenvalue weighted by molar-refractivity contribution is -0.145. The second-order valence-corrected chi connectivity index (χ2v) is 4.31. The van der Waals surface area contributed by atoms with Gasteiger partial charge in [-0.05, 0) is 17.0 Å². The van der Waals surface area contributed by atoms with Gasteiger partial charge in [-0.3, -0.25) is 9.59 Å². The molecular formula is C13H16O4. The van der Waals surface area contributed by atoms with Gasteiger partial charge in [-0.25, -0.2) is 0 Å². The summed E-state index contributed by atoms with van der Waals surface area (Å²) >= 11 is 0. The first-order valence-electron chi connectivity index (χ1n) is 5.46. The van der Waals surface area contributed by atoms with Crippen molar-refractivity contribution in [1.82, 2.24) is 0 Å². The minimum absolute atomic E-state index is 0.367. The molecule has 0 amide bonds. The van der Waals surface area contributed by atoms with Crippen LogP contribution in [0.2, 0.25) is 0 Å². The lowest BCUT2D eigenvalue weighted by Crippen LogP contribution is -2.15. The number of carboxylic acids is 2. The van der Waals surface area contributed by atoms with Crippen molar-refractivity contribution >= 4 is 11.9 Å². The van der Waals surface area contributed by atoms with Gasteiger partial charge in [0.1, 0.15) is 0 Å². The van der Waals surface area contributed by atoms with Gasteiger partial charge in [-0.2, -0.15) is 0 Å². The van der Waals surface area contributed by atoms with Gasteiger partial charge in [0, 0.05) is 0 Å². The van der Waals surface area contributed by atoms with E-state index in [-0.39, 0.29) is 0 Å². The number of hydrogen-bond donors (Lipinski definition) is 2. The van der Waals surface area contributed by atoms with Crippen molar-refractivity contribution in [3.05, 3.63) is 35.4 Å². The molecule has 0 aliphatic heterocycles. The summed E-state index contributed by atoms with van der Waals surface area (Å²) in [6, 6.07) is 7.07. The Hall–Kier alpha value is -1.84. The van der Waals surface area contributed by atoms with E-state index in [0.717, 1.165) is 5.56 Å². The van der Waals surface area contributed by atoms with Crippen molar-refractivity contribution in [2.45, 2.75) is 32.1 Å². The van der Waals surface area contributed by atoms with Crippen LogP contribution in [-0.4, -0.2) is 22.2 Å². The fourth-order valence-electron chi connectivity index (χ4n) is 1.64. The maximum absolute atomic E-state index is 11.0. The van der Waals surface area contributed by atoms with E-state index in [9.17, 15) is 9.59 Å². The van der Waals surface area contributed by atoms with Crippen LogP contribution in [0.5, 0.6) is 0 Å². The lowest BCUT2D eigenvalue weighted by Gasteiger charge is -2.12. The highest BCUT2D eigenvalue weighted by Gasteiger charge is 2.22. The van der Waals surface area contributed by atoms with E-state index in [1.54, 1.807) is 12.1 Å². The van der Waals surface area contributed by atoms with Crippen LogP contribution in [0.15, 0.2) is 24.3 Å². The summed E-state index contributed by atoms with van der Waals surface area (Å²) in [5, 5.41) is 17.7. The minimum atomic E-state index is -1.11. The molecule has 0 aliphatic rings. The average Bonchev–Trinajstić information content (AvgIpc) is 2.25. The van der Waals surface area contributed by atoms with Crippen molar-refractivity contribution in [3.8, 4) is 0 Å². The van der Waals surface area contributed by atoms with E-state index in [1.165, 1.54) is 0 Å². The van der Waals surface area contributed by atoms with Crippen LogP contribution >= 0.6 is 0 Å². The highest BCUT2D eigenvalue weighted by Crippen LogP contribution is 2.23. The number of hydrogen-bond acceptors (Lipinski definition) is 2. The Morgan fingerprint density at radius 2 is 1.53 bits per heavy atom. The molecule has 0 bridgehead atoms. The fraction of sp³-hybridized carbons (Fsp3) is 0.385. The molecule has 1 atom stereocenters. The smallest absolute Gasteiger partial charge is 0.311 e. The molecule has 1 aromatic rings. The van der Waals surface area contributed by atoms with E-state index in [0.29, 0.717) is 11.5 Å². The van der Waals surface area contributed by atoms with Crippen LogP contribution in [0.4, 0.5) is 0 Å². The Balaban J connectivity index is 2.95. The molecule has 0 radical (unpaired) electrons. The second-order valence-electron chi connectivity index (χ2n) is 4.31. The molecule has 0 heterocycles. The van der Waals surface area contributed by atoms with Gasteiger partial charge in [0.15, 0.2) is 0 Å². The molecule has 0 spiro atoms. The standard InChI is InChI=1S/C13H16O4/c1-8(2)9-3-5-10(6-4-9)11(13(16)17)7-12(14)15/h3-6,8,11H,7H2,1-2H3,(H,14,15)(H,16,17)/t11-/m1/s1. The molecule has 17 heavy (non-hydrogen) atoms. The zero-order chi connectivity index (χ0) is 13.0. The molecule has 92 valence electrons. The third kappa shape index (κ3) is 3.59. The van der Waals surface area contributed by atoms with Crippen LogP contribution < -0.4 is 0 Å². The van der Waals surface area contributed by atoms with E-state index >= 15 is 0 Å². The molecular weight excluding hydrogens is 220 g/mol. The van der Waals surface area contributed by atoms with E-state index in [4.69, 9.17) is 10.2 Å². The SMILES string of the molecule is CC(C)c1ccc([C@@H](CC(=O)O)C(=O)O)cc1. The van der Waals surface area contributed by atoms with E-state index < -0.39 is 24.3 Å². The Labute approximate surface area is 99.9 Å². The van der Waals surface area contributed by atoms with Crippen molar-refractivity contribution in [2.75, 3.05) is 0 Å². The molecule has 4 heteroatoms. The first kappa shape index (κ1) is 13.2. The van der Waals surface area contributed by atoms with Gasteiger partial charge < -0.3 is 10.2 Å². The number of benzene rings is 1. The molecule has 0 aromatic heterocycles. The normalized spacial score (nSPS) is 12.4. The first-order chi connectivity index (χ1) is 7.91. The quantitative estimate of drug-likeness (QED) is 0.823. The van der Waals surface area contributed by atoms with Gasteiger partial charge in [0.05, 0.1) is 12.3 Å². The Bertz CT molecular complexity index is 406. The van der Waals surface area contributed by atoms with Crippen LogP contribution in [0.1, 0.15) is 43.2 Å².